The van der Waals surface area contributed by atoms with E-state index in [-0.39, 0.29) is 24.8 Å². The Hall–Kier alpha value is -2.89. The third kappa shape index (κ3) is 3.31. The van der Waals surface area contributed by atoms with Gasteiger partial charge in [-0.3, -0.25) is 9.59 Å². The molecule has 0 atom stereocenters. The molecule has 0 spiro atoms. The zero-order valence-electron chi connectivity index (χ0n) is 12.5. The van der Waals surface area contributed by atoms with Crippen LogP contribution in [-0.2, 0) is 16.0 Å². The van der Waals surface area contributed by atoms with Gasteiger partial charge in [-0.05, 0) is 36.2 Å². The first kappa shape index (κ1) is 15.0. The van der Waals surface area contributed by atoms with Gasteiger partial charge in [0.1, 0.15) is 5.82 Å². The van der Waals surface area contributed by atoms with Crippen molar-refractivity contribution in [1.82, 2.24) is 0 Å². The number of nitrogens with one attached hydrogen (secondary N) is 2. The maximum atomic E-state index is 13.6. The second-order valence-electron chi connectivity index (χ2n) is 5.34. The number of halogens is 1. The van der Waals surface area contributed by atoms with Crippen LogP contribution in [0.25, 0.3) is 0 Å². The van der Waals surface area contributed by atoms with E-state index >= 15 is 0 Å². The fourth-order valence-electron chi connectivity index (χ4n) is 2.45. The third-order valence-electron chi connectivity index (χ3n) is 3.44. The Labute approximate surface area is 132 Å². The molecule has 23 heavy (non-hydrogen) atoms. The molecule has 2 aromatic rings. The second kappa shape index (κ2) is 6.08. The average Bonchev–Trinajstić information content (AvgIpc) is 2.49. The Morgan fingerprint density at radius 2 is 2.13 bits per heavy atom. The molecular weight excluding hydrogens is 299 g/mol. The third-order valence-corrected chi connectivity index (χ3v) is 3.44. The molecule has 0 bridgehead atoms. The fraction of sp³-hybridized carbons (Fsp3) is 0.176. The number of benzene rings is 2. The summed E-state index contributed by atoms with van der Waals surface area (Å²) in [5.41, 5.74) is 2.15. The van der Waals surface area contributed by atoms with Crippen LogP contribution in [0, 0.1) is 12.7 Å². The predicted molar refractivity (Wildman–Crippen MR) is 84.0 cm³/mol. The van der Waals surface area contributed by atoms with Crippen molar-refractivity contribution in [2.24, 2.45) is 0 Å². The number of ether oxygens (including phenoxy) is 1. The Balaban J connectivity index is 1.81. The van der Waals surface area contributed by atoms with Crippen LogP contribution >= 0.6 is 0 Å². The van der Waals surface area contributed by atoms with E-state index in [9.17, 15) is 14.0 Å². The van der Waals surface area contributed by atoms with Gasteiger partial charge in [0, 0.05) is 0 Å². The summed E-state index contributed by atoms with van der Waals surface area (Å²) in [5, 5.41) is 5.42. The van der Waals surface area contributed by atoms with E-state index in [4.69, 9.17) is 4.74 Å². The van der Waals surface area contributed by atoms with Crippen molar-refractivity contribution in [3.8, 4) is 5.75 Å². The van der Waals surface area contributed by atoms with Crippen molar-refractivity contribution in [3.63, 3.8) is 0 Å². The van der Waals surface area contributed by atoms with Crippen LogP contribution in [0.2, 0.25) is 0 Å². The molecule has 2 N–H and O–H groups in total. The van der Waals surface area contributed by atoms with Crippen LogP contribution in [-0.4, -0.2) is 18.4 Å². The highest BCUT2D eigenvalue weighted by molar-refractivity contribution is 6.00. The lowest BCUT2D eigenvalue weighted by Crippen LogP contribution is -2.26. The maximum Gasteiger partial charge on any atom is 0.262 e. The number of hydrogen-bond acceptors (Lipinski definition) is 3. The van der Waals surface area contributed by atoms with Crippen LogP contribution in [0.1, 0.15) is 11.1 Å². The largest absolute Gasteiger partial charge is 0.479 e. The van der Waals surface area contributed by atoms with Crippen molar-refractivity contribution < 1.29 is 18.7 Å². The minimum atomic E-state index is -0.419. The highest BCUT2D eigenvalue weighted by Crippen LogP contribution is 2.37. The number of rotatable bonds is 3. The average molecular weight is 314 g/mol. The first-order valence-electron chi connectivity index (χ1n) is 7.13. The van der Waals surface area contributed by atoms with Gasteiger partial charge in [-0.15, -0.1) is 0 Å². The van der Waals surface area contributed by atoms with E-state index < -0.39 is 5.82 Å². The molecule has 0 aliphatic carbocycles. The monoisotopic (exact) mass is 314 g/mol. The molecule has 2 amide bonds. The molecule has 0 radical (unpaired) electrons. The van der Waals surface area contributed by atoms with E-state index in [0.29, 0.717) is 22.7 Å². The van der Waals surface area contributed by atoms with Crippen LogP contribution in [0.5, 0.6) is 5.75 Å². The molecule has 0 fully saturated rings. The Kier molecular flexibility index (Phi) is 3.97. The maximum absolute atomic E-state index is 13.6. The lowest BCUT2D eigenvalue weighted by atomic mass is 10.1. The quantitative estimate of drug-likeness (QED) is 0.915. The molecule has 3 rings (SSSR count). The molecule has 5 nitrogen and oxygen atoms in total. The number of anilines is 2. The van der Waals surface area contributed by atoms with Crippen LogP contribution in [0.4, 0.5) is 15.8 Å². The molecule has 0 saturated heterocycles. The minimum Gasteiger partial charge on any atom is -0.479 e. The zero-order valence-corrected chi connectivity index (χ0v) is 12.5. The summed E-state index contributed by atoms with van der Waals surface area (Å²) in [6.07, 6.45) is -0.0816. The lowest BCUT2D eigenvalue weighted by molar-refractivity contribution is -0.118. The van der Waals surface area contributed by atoms with Gasteiger partial charge in [0.25, 0.3) is 5.91 Å². The molecule has 0 unspecified atom stereocenters. The van der Waals surface area contributed by atoms with Gasteiger partial charge in [0.05, 0.1) is 17.8 Å². The molecule has 118 valence electrons. The van der Waals surface area contributed by atoms with Gasteiger partial charge in [0.15, 0.2) is 12.4 Å². The van der Waals surface area contributed by atoms with Gasteiger partial charge in [-0.2, -0.15) is 0 Å². The van der Waals surface area contributed by atoms with E-state index in [1.165, 1.54) is 6.07 Å². The number of hydrogen-bond donors (Lipinski definition) is 2. The van der Waals surface area contributed by atoms with Crippen molar-refractivity contribution in [3.05, 3.63) is 53.3 Å². The fourth-order valence-corrected chi connectivity index (χ4v) is 2.45. The van der Waals surface area contributed by atoms with Crippen molar-refractivity contribution in [2.45, 2.75) is 13.3 Å². The highest BCUT2D eigenvalue weighted by atomic mass is 19.1. The van der Waals surface area contributed by atoms with Gasteiger partial charge in [-0.25, -0.2) is 4.39 Å². The molecular formula is C17H15FN2O3. The Morgan fingerprint density at radius 1 is 1.35 bits per heavy atom. The minimum absolute atomic E-state index is 0.0816. The number of carbonyl (C=O) groups is 2. The van der Waals surface area contributed by atoms with Gasteiger partial charge in [-0.1, -0.05) is 18.2 Å². The molecule has 0 saturated carbocycles. The van der Waals surface area contributed by atoms with E-state index in [2.05, 4.69) is 10.6 Å². The summed E-state index contributed by atoms with van der Waals surface area (Å²) in [6.45, 7) is 1.74. The normalized spacial score (nSPS) is 12.9. The van der Waals surface area contributed by atoms with Gasteiger partial charge >= 0.3 is 0 Å². The van der Waals surface area contributed by atoms with E-state index in [0.717, 1.165) is 5.56 Å². The topological polar surface area (TPSA) is 67.4 Å². The van der Waals surface area contributed by atoms with Crippen LogP contribution < -0.4 is 15.4 Å². The van der Waals surface area contributed by atoms with E-state index in [1.54, 1.807) is 30.3 Å². The van der Waals surface area contributed by atoms with Crippen molar-refractivity contribution >= 4 is 23.2 Å². The first-order valence-corrected chi connectivity index (χ1v) is 7.13. The Morgan fingerprint density at radius 3 is 2.91 bits per heavy atom. The summed E-state index contributed by atoms with van der Waals surface area (Å²) in [5.74, 6) is -0.607. The lowest BCUT2D eigenvalue weighted by Gasteiger charge is -2.21. The number of carbonyl (C=O) groups excluding carboxylic acids is 2. The summed E-state index contributed by atoms with van der Waals surface area (Å²) in [4.78, 5) is 23.6. The number of amides is 2. The van der Waals surface area contributed by atoms with Crippen molar-refractivity contribution in [2.75, 3.05) is 17.2 Å². The second-order valence-corrected chi connectivity index (χ2v) is 5.34. The zero-order chi connectivity index (χ0) is 16.4. The van der Waals surface area contributed by atoms with Gasteiger partial charge < -0.3 is 15.4 Å². The highest BCUT2D eigenvalue weighted by Gasteiger charge is 2.21. The predicted octanol–water partition coefficient (Wildman–Crippen LogP) is 2.65. The standard InChI is InChI=1S/C17H15FN2O3/c1-10-6-13(17-14(7-10)20-16(22)9-23-17)19-15(21)8-11-4-2-3-5-12(11)18/h2-7H,8-9H2,1H3,(H,19,21)(H,20,22). The summed E-state index contributed by atoms with van der Waals surface area (Å²) >= 11 is 0. The summed E-state index contributed by atoms with van der Waals surface area (Å²) in [6, 6.07) is 9.64. The summed E-state index contributed by atoms with van der Waals surface area (Å²) < 4.78 is 19.0. The van der Waals surface area contributed by atoms with Crippen LogP contribution in [0.15, 0.2) is 36.4 Å². The summed E-state index contributed by atoms with van der Waals surface area (Å²) in [7, 11) is 0. The Bertz CT molecular complexity index is 789. The molecule has 0 aromatic heterocycles. The molecule has 1 heterocycles. The van der Waals surface area contributed by atoms with Crippen molar-refractivity contribution in [1.29, 1.82) is 0 Å². The molecule has 6 heteroatoms. The van der Waals surface area contributed by atoms with Crippen LogP contribution in [0.3, 0.4) is 0 Å². The molecule has 1 aliphatic heterocycles. The molecule has 2 aromatic carbocycles. The SMILES string of the molecule is Cc1cc2c(c(NC(=O)Cc3ccccc3F)c1)OCC(=O)N2. The number of fused-ring (bicyclic) bond motifs is 1. The molecule has 1 aliphatic rings. The van der Waals surface area contributed by atoms with Gasteiger partial charge in [0.2, 0.25) is 5.91 Å². The van der Waals surface area contributed by atoms with E-state index in [1.807, 2.05) is 6.92 Å². The first-order chi connectivity index (χ1) is 11.0. The smallest absolute Gasteiger partial charge is 0.262 e. The number of aryl methyl sites for hydroxylation is 1.